The number of carbonyl (C=O) groups is 1. The van der Waals surface area contributed by atoms with Crippen LogP contribution in [-0.2, 0) is 11.2 Å². The van der Waals surface area contributed by atoms with Crippen molar-refractivity contribution >= 4 is 39.3 Å². The number of thiazole rings is 1. The summed E-state index contributed by atoms with van der Waals surface area (Å²) in [4.78, 5) is 18.8. The highest BCUT2D eigenvalue weighted by atomic mass is 32.2. The molecule has 1 unspecified atom stereocenters. The highest BCUT2D eigenvalue weighted by Crippen LogP contribution is 2.33. The molecule has 1 aliphatic rings. The number of rotatable bonds is 3. The lowest BCUT2D eigenvalue weighted by Crippen LogP contribution is -2.30. The van der Waals surface area contributed by atoms with Crippen molar-refractivity contribution in [2.24, 2.45) is 0 Å². The molecule has 2 aromatic rings. The lowest BCUT2D eigenvalue weighted by atomic mass is 10.1. The van der Waals surface area contributed by atoms with Gasteiger partial charge in [0.1, 0.15) is 0 Å². The van der Waals surface area contributed by atoms with E-state index < -0.39 is 0 Å². The van der Waals surface area contributed by atoms with Gasteiger partial charge in [-0.2, -0.15) is 0 Å². The highest BCUT2D eigenvalue weighted by Gasteiger charge is 2.36. The molecule has 1 aliphatic heterocycles. The van der Waals surface area contributed by atoms with Gasteiger partial charge < -0.3 is 0 Å². The summed E-state index contributed by atoms with van der Waals surface area (Å²) >= 11 is 2.75. The maximum Gasteiger partial charge on any atom is 0.248 e. The number of thioether (sulfide) groups is 1. The number of hydrogen-bond donors (Lipinski definition) is 1. The van der Waals surface area contributed by atoms with Gasteiger partial charge in [-0.25, -0.2) is 9.88 Å². The Morgan fingerprint density at radius 3 is 2.75 bits per heavy atom. The molecule has 1 N–H and O–H groups in total. The Kier molecular flexibility index (Phi) is 3.58. The third kappa shape index (κ3) is 2.48. The first-order valence-corrected chi connectivity index (χ1v) is 7.92. The van der Waals surface area contributed by atoms with Gasteiger partial charge in [0.05, 0.1) is 5.25 Å². The number of amides is 1. The van der Waals surface area contributed by atoms with Crippen molar-refractivity contribution in [1.29, 1.82) is 5.41 Å². The minimum absolute atomic E-state index is 0.0550. The molecule has 0 saturated carbocycles. The van der Waals surface area contributed by atoms with Crippen molar-refractivity contribution in [3.05, 3.63) is 47.0 Å². The Labute approximate surface area is 125 Å². The molecule has 6 heteroatoms. The molecule has 4 nitrogen and oxygen atoms in total. The molecular weight excluding hydrogens is 290 g/mol. The predicted octanol–water partition coefficient (Wildman–Crippen LogP) is 3.14. The summed E-state index contributed by atoms with van der Waals surface area (Å²) in [6.45, 7) is 1.82. The van der Waals surface area contributed by atoms with E-state index in [1.807, 2.05) is 25.1 Å². The zero-order valence-electron chi connectivity index (χ0n) is 10.9. The molecule has 0 radical (unpaired) electrons. The molecule has 102 valence electrons. The van der Waals surface area contributed by atoms with Crippen molar-refractivity contribution in [2.75, 3.05) is 4.90 Å². The van der Waals surface area contributed by atoms with Gasteiger partial charge in [0, 0.05) is 17.5 Å². The molecule has 1 fully saturated rings. The van der Waals surface area contributed by atoms with Gasteiger partial charge in [0.25, 0.3) is 0 Å². The van der Waals surface area contributed by atoms with Gasteiger partial charge in [0.2, 0.25) is 5.91 Å². The van der Waals surface area contributed by atoms with Crippen LogP contribution in [0.3, 0.4) is 0 Å². The average molecular weight is 303 g/mol. The van der Waals surface area contributed by atoms with E-state index in [0.29, 0.717) is 5.13 Å². The molecule has 1 saturated heterocycles. The van der Waals surface area contributed by atoms with E-state index in [9.17, 15) is 4.79 Å². The summed E-state index contributed by atoms with van der Waals surface area (Å²) in [6.07, 6.45) is 2.60. The predicted molar refractivity (Wildman–Crippen MR) is 83.6 cm³/mol. The van der Waals surface area contributed by atoms with E-state index in [2.05, 4.69) is 17.1 Å². The lowest BCUT2D eigenvalue weighted by molar-refractivity contribution is -0.116. The fourth-order valence-corrected chi connectivity index (χ4v) is 3.85. The zero-order valence-corrected chi connectivity index (χ0v) is 12.5. The first-order valence-electron chi connectivity index (χ1n) is 6.23. The van der Waals surface area contributed by atoms with E-state index in [0.717, 1.165) is 11.3 Å². The maximum atomic E-state index is 12.0. The van der Waals surface area contributed by atoms with E-state index in [4.69, 9.17) is 5.41 Å². The van der Waals surface area contributed by atoms with Crippen LogP contribution in [0.1, 0.15) is 17.4 Å². The number of anilines is 1. The normalized spacial score (nSPS) is 18.9. The van der Waals surface area contributed by atoms with Crippen molar-refractivity contribution in [1.82, 2.24) is 4.98 Å². The largest absolute Gasteiger partial charge is 0.278 e. The fraction of sp³-hybridized carbons (Fsp3) is 0.214. The van der Waals surface area contributed by atoms with Gasteiger partial charge >= 0.3 is 0 Å². The van der Waals surface area contributed by atoms with Crippen LogP contribution in [0.2, 0.25) is 0 Å². The van der Waals surface area contributed by atoms with Crippen LogP contribution in [0.25, 0.3) is 0 Å². The highest BCUT2D eigenvalue weighted by molar-refractivity contribution is 8.16. The Hall–Kier alpha value is -1.66. The Bertz CT molecular complexity index is 653. The summed E-state index contributed by atoms with van der Waals surface area (Å²) in [6, 6.07) is 10.1. The molecule has 2 heterocycles. The Balaban J connectivity index is 1.81. The molecule has 0 bridgehead atoms. The smallest absolute Gasteiger partial charge is 0.248 e. The topological polar surface area (TPSA) is 57.1 Å². The van der Waals surface area contributed by atoms with Crippen LogP contribution in [0.5, 0.6) is 0 Å². The van der Waals surface area contributed by atoms with Gasteiger partial charge in [-0.05, 0) is 12.5 Å². The molecule has 0 aliphatic carbocycles. The summed E-state index contributed by atoms with van der Waals surface area (Å²) < 4.78 is 0. The quantitative estimate of drug-likeness (QED) is 0.947. The lowest BCUT2D eigenvalue weighted by Gasteiger charge is -2.10. The second-order valence-corrected chi connectivity index (χ2v) is 6.93. The number of hydrogen-bond acceptors (Lipinski definition) is 5. The second kappa shape index (κ2) is 5.38. The van der Waals surface area contributed by atoms with Gasteiger partial charge in [-0.1, -0.05) is 42.1 Å². The number of benzene rings is 1. The molecule has 3 rings (SSSR count). The number of nitrogens with one attached hydrogen (secondary N) is 1. The zero-order chi connectivity index (χ0) is 14.1. The first-order chi connectivity index (χ1) is 9.65. The number of amidine groups is 1. The minimum Gasteiger partial charge on any atom is -0.278 e. The molecular formula is C14H13N3OS2. The van der Waals surface area contributed by atoms with Crippen molar-refractivity contribution in [3.63, 3.8) is 0 Å². The molecule has 20 heavy (non-hydrogen) atoms. The Morgan fingerprint density at radius 2 is 2.10 bits per heavy atom. The number of carbonyl (C=O) groups excluding carboxylic acids is 1. The number of aromatic nitrogens is 1. The summed E-state index contributed by atoms with van der Waals surface area (Å²) in [5.41, 5.74) is 1.22. The van der Waals surface area contributed by atoms with Crippen molar-refractivity contribution in [3.8, 4) is 0 Å². The molecule has 1 atom stereocenters. The van der Waals surface area contributed by atoms with Crippen LogP contribution >= 0.6 is 23.1 Å². The maximum absolute atomic E-state index is 12.0. The van der Waals surface area contributed by atoms with Gasteiger partial charge in [-0.15, -0.1) is 11.3 Å². The second-order valence-electron chi connectivity index (χ2n) is 4.51. The van der Waals surface area contributed by atoms with Crippen molar-refractivity contribution in [2.45, 2.75) is 18.6 Å². The van der Waals surface area contributed by atoms with Crippen LogP contribution in [0, 0.1) is 5.41 Å². The van der Waals surface area contributed by atoms with Gasteiger partial charge in [0.15, 0.2) is 10.3 Å². The van der Waals surface area contributed by atoms with Crippen molar-refractivity contribution < 1.29 is 4.79 Å². The van der Waals surface area contributed by atoms with Gasteiger partial charge in [-0.3, -0.25) is 10.2 Å². The summed E-state index contributed by atoms with van der Waals surface area (Å²) in [5, 5.41) is 8.55. The summed E-state index contributed by atoms with van der Waals surface area (Å²) in [5.74, 6) is -0.0550. The van der Waals surface area contributed by atoms with E-state index in [1.165, 1.54) is 33.6 Å². The molecule has 1 aromatic heterocycles. The van der Waals surface area contributed by atoms with Crippen LogP contribution in [0.15, 0.2) is 36.5 Å². The van der Waals surface area contributed by atoms with Crippen LogP contribution in [-0.4, -0.2) is 21.3 Å². The first kappa shape index (κ1) is 13.3. The monoisotopic (exact) mass is 303 g/mol. The molecule has 0 spiro atoms. The van der Waals surface area contributed by atoms with E-state index >= 15 is 0 Å². The third-order valence-corrected chi connectivity index (χ3v) is 4.96. The number of nitrogens with zero attached hydrogens (tertiary/aromatic N) is 2. The van der Waals surface area contributed by atoms with Crippen LogP contribution < -0.4 is 4.90 Å². The standard InChI is InChI=1S/C14H13N3OS2/c1-9-12(18)17(13(15)19-9)14-16-8-11(20-14)7-10-5-3-2-4-6-10/h2-6,8-9,15H,7H2,1H3. The fourth-order valence-electron chi connectivity index (χ4n) is 2.01. The third-order valence-electron chi connectivity index (χ3n) is 3.01. The average Bonchev–Trinajstić information content (AvgIpc) is 2.97. The molecule has 1 aromatic carbocycles. The van der Waals surface area contributed by atoms with E-state index in [-0.39, 0.29) is 16.3 Å². The van der Waals surface area contributed by atoms with E-state index in [1.54, 1.807) is 6.20 Å². The SMILES string of the molecule is CC1SC(=N)N(c2ncc(Cc3ccccc3)s2)C1=O. The minimum atomic E-state index is -0.191. The van der Waals surface area contributed by atoms with Crippen LogP contribution in [0.4, 0.5) is 5.13 Å². The molecule has 1 amide bonds. The Morgan fingerprint density at radius 1 is 1.35 bits per heavy atom. The summed E-state index contributed by atoms with van der Waals surface area (Å²) in [7, 11) is 0.